The molecule has 0 aliphatic heterocycles. The van der Waals surface area contributed by atoms with Crippen molar-refractivity contribution in [3.05, 3.63) is 18.1 Å². The normalized spacial score (nSPS) is 8.00. The number of hydrogen-bond acceptors (Lipinski definition) is 4. The molecular formula is C9H8N4. The van der Waals surface area contributed by atoms with Crippen LogP contribution in [0.3, 0.4) is 0 Å². The molecule has 1 aromatic heterocycles. The number of hydrogen-bond donors (Lipinski definition) is 1. The summed E-state index contributed by atoms with van der Waals surface area (Å²) in [4.78, 5) is 7.66. The average Bonchev–Trinajstić information content (AvgIpc) is 2.19. The van der Waals surface area contributed by atoms with Gasteiger partial charge in [0.2, 0.25) is 0 Å². The Labute approximate surface area is 76.6 Å². The topological polar surface area (TPSA) is 61.6 Å². The van der Waals surface area contributed by atoms with Crippen LogP contribution in [0.5, 0.6) is 0 Å². The fourth-order valence-corrected chi connectivity index (χ4v) is 0.738. The van der Waals surface area contributed by atoms with E-state index >= 15 is 0 Å². The van der Waals surface area contributed by atoms with Crippen LogP contribution in [-0.4, -0.2) is 16.5 Å². The molecule has 0 saturated carbocycles. The molecule has 1 N–H and O–H groups in total. The summed E-state index contributed by atoms with van der Waals surface area (Å²) in [5, 5.41) is 11.5. The number of nitrogens with one attached hydrogen (secondary N) is 1. The summed E-state index contributed by atoms with van der Waals surface area (Å²) >= 11 is 0. The standard InChI is InChI=1S/C9H8N4/c1-2-3-4-11-9-5-8(6-10)12-7-13-9/h5,7H,4H2,1H3,(H,11,12,13). The monoisotopic (exact) mass is 172 g/mol. The number of aromatic nitrogens is 2. The van der Waals surface area contributed by atoms with E-state index in [1.54, 1.807) is 13.0 Å². The summed E-state index contributed by atoms with van der Waals surface area (Å²) in [5.41, 5.74) is 0.349. The third-order valence-corrected chi connectivity index (χ3v) is 1.32. The summed E-state index contributed by atoms with van der Waals surface area (Å²) in [6, 6.07) is 3.51. The smallest absolute Gasteiger partial charge is 0.145 e. The largest absolute Gasteiger partial charge is 0.359 e. The molecule has 0 fully saturated rings. The summed E-state index contributed by atoms with van der Waals surface area (Å²) in [7, 11) is 0. The molecule has 1 heterocycles. The van der Waals surface area contributed by atoms with Gasteiger partial charge in [0.1, 0.15) is 23.9 Å². The minimum Gasteiger partial charge on any atom is -0.359 e. The lowest BCUT2D eigenvalue weighted by atomic mass is 10.4. The van der Waals surface area contributed by atoms with Crippen molar-refractivity contribution in [3.8, 4) is 17.9 Å². The van der Waals surface area contributed by atoms with Gasteiger partial charge in [-0.15, -0.1) is 5.92 Å². The van der Waals surface area contributed by atoms with Crippen LogP contribution < -0.4 is 5.32 Å². The molecule has 0 unspecified atom stereocenters. The summed E-state index contributed by atoms with van der Waals surface area (Å²) < 4.78 is 0. The first kappa shape index (κ1) is 9.02. The number of anilines is 1. The maximum atomic E-state index is 8.54. The predicted molar refractivity (Wildman–Crippen MR) is 48.7 cm³/mol. The second-order valence-corrected chi connectivity index (χ2v) is 2.18. The molecule has 4 heteroatoms. The Morgan fingerprint density at radius 3 is 3.08 bits per heavy atom. The Morgan fingerprint density at radius 1 is 1.54 bits per heavy atom. The molecule has 1 aromatic rings. The van der Waals surface area contributed by atoms with Crippen LogP contribution in [0.2, 0.25) is 0 Å². The zero-order valence-corrected chi connectivity index (χ0v) is 7.20. The molecule has 0 saturated heterocycles. The van der Waals surface area contributed by atoms with Crippen LogP contribution >= 0.6 is 0 Å². The Kier molecular flexibility index (Phi) is 3.29. The first-order valence-corrected chi connectivity index (χ1v) is 3.72. The van der Waals surface area contributed by atoms with Crippen molar-refractivity contribution in [1.29, 1.82) is 5.26 Å². The molecule has 0 bridgehead atoms. The first-order valence-electron chi connectivity index (χ1n) is 3.72. The molecule has 0 atom stereocenters. The average molecular weight is 172 g/mol. The van der Waals surface area contributed by atoms with Gasteiger partial charge >= 0.3 is 0 Å². The molecular weight excluding hydrogens is 164 g/mol. The maximum Gasteiger partial charge on any atom is 0.145 e. The third-order valence-electron chi connectivity index (χ3n) is 1.32. The molecule has 0 spiro atoms. The van der Waals surface area contributed by atoms with E-state index < -0.39 is 0 Å². The number of nitriles is 1. The van der Waals surface area contributed by atoms with E-state index in [9.17, 15) is 0 Å². The minimum absolute atomic E-state index is 0.349. The minimum atomic E-state index is 0.349. The van der Waals surface area contributed by atoms with Gasteiger partial charge in [-0.3, -0.25) is 0 Å². The highest BCUT2D eigenvalue weighted by Crippen LogP contribution is 2.01. The lowest BCUT2D eigenvalue weighted by Crippen LogP contribution is -2.01. The molecule has 64 valence electrons. The zero-order chi connectivity index (χ0) is 9.52. The van der Waals surface area contributed by atoms with E-state index in [4.69, 9.17) is 5.26 Å². The van der Waals surface area contributed by atoms with E-state index in [1.165, 1.54) is 6.33 Å². The second kappa shape index (κ2) is 4.74. The highest BCUT2D eigenvalue weighted by molar-refractivity contribution is 5.39. The van der Waals surface area contributed by atoms with E-state index in [1.807, 2.05) is 6.07 Å². The highest BCUT2D eigenvalue weighted by atomic mass is 15.0. The van der Waals surface area contributed by atoms with Gasteiger partial charge < -0.3 is 5.32 Å². The second-order valence-electron chi connectivity index (χ2n) is 2.18. The van der Waals surface area contributed by atoms with Gasteiger partial charge in [0.05, 0.1) is 6.54 Å². The van der Waals surface area contributed by atoms with Crippen LogP contribution in [0.1, 0.15) is 12.6 Å². The summed E-state index contributed by atoms with van der Waals surface area (Å²) in [6.07, 6.45) is 1.35. The quantitative estimate of drug-likeness (QED) is 0.670. The molecule has 13 heavy (non-hydrogen) atoms. The molecule has 0 aromatic carbocycles. The Hall–Kier alpha value is -2.07. The van der Waals surface area contributed by atoms with E-state index in [-0.39, 0.29) is 0 Å². The van der Waals surface area contributed by atoms with Crippen molar-refractivity contribution in [1.82, 2.24) is 9.97 Å². The molecule has 0 aliphatic rings. The van der Waals surface area contributed by atoms with E-state index in [2.05, 4.69) is 27.1 Å². The third kappa shape index (κ3) is 2.80. The van der Waals surface area contributed by atoms with E-state index in [0.717, 1.165) is 0 Å². The van der Waals surface area contributed by atoms with Gasteiger partial charge in [-0.25, -0.2) is 9.97 Å². The van der Waals surface area contributed by atoms with Crippen molar-refractivity contribution >= 4 is 5.82 Å². The van der Waals surface area contributed by atoms with E-state index in [0.29, 0.717) is 18.1 Å². The predicted octanol–water partition coefficient (Wildman–Crippen LogP) is 0.783. The van der Waals surface area contributed by atoms with Crippen molar-refractivity contribution in [2.75, 3.05) is 11.9 Å². The van der Waals surface area contributed by atoms with Gasteiger partial charge in [-0.2, -0.15) is 5.26 Å². The SMILES string of the molecule is CC#CCNc1cc(C#N)ncn1. The fraction of sp³-hybridized carbons (Fsp3) is 0.222. The maximum absolute atomic E-state index is 8.54. The zero-order valence-electron chi connectivity index (χ0n) is 7.20. The molecule has 4 nitrogen and oxygen atoms in total. The van der Waals surface area contributed by atoms with Crippen molar-refractivity contribution in [3.63, 3.8) is 0 Å². The van der Waals surface area contributed by atoms with Crippen LogP contribution in [0, 0.1) is 23.2 Å². The van der Waals surface area contributed by atoms with Crippen molar-refractivity contribution in [2.45, 2.75) is 6.92 Å². The molecule has 0 amide bonds. The van der Waals surface area contributed by atoms with Crippen molar-refractivity contribution in [2.24, 2.45) is 0 Å². The molecule has 1 rings (SSSR count). The van der Waals surface area contributed by atoms with Gasteiger partial charge in [-0.05, 0) is 6.92 Å². The summed E-state index contributed by atoms with van der Waals surface area (Å²) in [6.45, 7) is 2.29. The first-order chi connectivity index (χ1) is 6.36. The van der Waals surface area contributed by atoms with Crippen LogP contribution in [-0.2, 0) is 0 Å². The Bertz CT molecular complexity index is 381. The lowest BCUT2D eigenvalue weighted by Gasteiger charge is -1.99. The van der Waals surface area contributed by atoms with Gasteiger partial charge in [0, 0.05) is 6.07 Å². The molecule has 0 aliphatic carbocycles. The van der Waals surface area contributed by atoms with Crippen LogP contribution in [0.25, 0.3) is 0 Å². The van der Waals surface area contributed by atoms with Gasteiger partial charge in [0.25, 0.3) is 0 Å². The summed E-state index contributed by atoms with van der Waals surface area (Å²) in [5.74, 6) is 6.20. The highest BCUT2D eigenvalue weighted by Gasteiger charge is 1.94. The van der Waals surface area contributed by atoms with Crippen LogP contribution in [0.4, 0.5) is 5.82 Å². The number of nitrogens with zero attached hydrogens (tertiary/aromatic N) is 3. The van der Waals surface area contributed by atoms with Crippen LogP contribution in [0.15, 0.2) is 12.4 Å². The fourth-order valence-electron chi connectivity index (χ4n) is 0.738. The number of rotatable bonds is 2. The van der Waals surface area contributed by atoms with Gasteiger partial charge in [0.15, 0.2) is 0 Å². The molecule has 0 radical (unpaired) electrons. The lowest BCUT2D eigenvalue weighted by molar-refractivity contribution is 1.12. The Morgan fingerprint density at radius 2 is 2.38 bits per heavy atom. The van der Waals surface area contributed by atoms with Gasteiger partial charge in [-0.1, -0.05) is 5.92 Å². The Balaban J connectivity index is 2.66. The van der Waals surface area contributed by atoms with Crippen molar-refractivity contribution < 1.29 is 0 Å².